The number of anilines is 1. The van der Waals surface area contributed by atoms with Crippen molar-refractivity contribution in [3.63, 3.8) is 0 Å². The molecule has 2 atom stereocenters. The van der Waals surface area contributed by atoms with E-state index in [0.29, 0.717) is 11.5 Å². The van der Waals surface area contributed by atoms with Crippen molar-refractivity contribution in [3.05, 3.63) is 54.4 Å². The van der Waals surface area contributed by atoms with E-state index >= 15 is 0 Å². The quantitative estimate of drug-likeness (QED) is 0.646. The molecule has 0 saturated carbocycles. The van der Waals surface area contributed by atoms with Gasteiger partial charge in [0.2, 0.25) is 5.95 Å². The standard InChI is InChI=1S/C21H29N5O2/c1-28-19-16-26(14-6-5-11-22-21-23-12-7-13-24-21)15-10-18(19)25-20(27)17-8-3-2-4-9-17/h2-4,7-9,12-13,18-19H,5-6,10-11,14-16H2,1H3,(H,25,27)(H,22,23,24). The number of unbranched alkanes of at least 4 members (excludes halogenated alkanes) is 1. The molecule has 1 saturated heterocycles. The summed E-state index contributed by atoms with van der Waals surface area (Å²) in [6.07, 6.45) is 6.53. The summed E-state index contributed by atoms with van der Waals surface area (Å²) in [6, 6.07) is 11.2. The summed E-state index contributed by atoms with van der Waals surface area (Å²) >= 11 is 0. The molecule has 3 rings (SSSR count). The molecule has 1 amide bonds. The number of hydrogen-bond donors (Lipinski definition) is 2. The Labute approximate surface area is 166 Å². The second kappa shape index (κ2) is 10.7. The Morgan fingerprint density at radius 3 is 2.71 bits per heavy atom. The van der Waals surface area contributed by atoms with Crippen molar-refractivity contribution in [2.75, 3.05) is 38.6 Å². The summed E-state index contributed by atoms with van der Waals surface area (Å²) in [5, 5.41) is 6.37. The monoisotopic (exact) mass is 383 g/mol. The van der Waals surface area contributed by atoms with Crippen molar-refractivity contribution in [1.29, 1.82) is 0 Å². The van der Waals surface area contributed by atoms with E-state index in [0.717, 1.165) is 45.4 Å². The van der Waals surface area contributed by atoms with Crippen molar-refractivity contribution >= 4 is 11.9 Å². The van der Waals surface area contributed by atoms with Gasteiger partial charge in [0.15, 0.2) is 0 Å². The molecule has 1 aliphatic rings. The minimum absolute atomic E-state index is 0.0113. The number of nitrogens with zero attached hydrogens (tertiary/aromatic N) is 3. The van der Waals surface area contributed by atoms with Gasteiger partial charge in [-0.2, -0.15) is 0 Å². The lowest BCUT2D eigenvalue weighted by molar-refractivity contribution is 0.00609. The second-order valence-corrected chi connectivity index (χ2v) is 7.02. The van der Waals surface area contributed by atoms with Gasteiger partial charge in [0.05, 0.1) is 12.1 Å². The van der Waals surface area contributed by atoms with E-state index in [-0.39, 0.29) is 18.1 Å². The molecule has 1 aliphatic heterocycles. The number of nitrogens with one attached hydrogen (secondary N) is 2. The molecule has 1 aromatic heterocycles. The van der Waals surface area contributed by atoms with Crippen molar-refractivity contribution < 1.29 is 9.53 Å². The van der Waals surface area contributed by atoms with Gasteiger partial charge in [-0.05, 0) is 44.0 Å². The third-order valence-corrected chi connectivity index (χ3v) is 5.05. The number of hydrogen-bond acceptors (Lipinski definition) is 6. The fourth-order valence-corrected chi connectivity index (χ4v) is 3.48. The predicted molar refractivity (Wildman–Crippen MR) is 109 cm³/mol. The Bertz CT molecular complexity index is 713. The lowest BCUT2D eigenvalue weighted by Gasteiger charge is -2.38. The summed E-state index contributed by atoms with van der Waals surface area (Å²) in [5.41, 5.74) is 0.690. The number of piperidine rings is 1. The maximum atomic E-state index is 12.4. The topological polar surface area (TPSA) is 79.4 Å². The molecule has 7 heteroatoms. The minimum Gasteiger partial charge on any atom is -0.378 e. The molecule has 2 aromatic rings. The molecule has 0 aliphatic carbocycles. The van der Waals surface area contributed by atoms with E-state index in [1.807, 2.05) is 36.4 Å². The first-order valence-corrected chi connectivity index (χ1v) is 9.88. The lowest BCUT2D eigenvalue weighted by Crippen LogP contribution is -2.54. The molecular formula is C21H29N5O2. The Balaban J connectivity index is 1.37. The fourth-order valence-electron chi connectivity index (χ4n) is 3.48. The predicted octanol–water partition coefficient (Wildman–Crippen LogP) is 2.19. The van der Waals surface area contributed by atoms with E-state index < -0.39 is 0 Å². The van der Waals surface area contributed by atoms with Crippen molar-refractivity contribution in [2.24, 2.45) is 0 Å². The van der Waals surface area contributed by atoms with Gasteiger partial charge in [-0.15, -0.1) is 0 Å². The molecule has 1 fully saturated rings. The molecule has 1 aromatic carbocycles. The Morgan fingerprint density at radius 1 is 1.18 bits per heavy atom. The van der Waals surface area contributed by atoms with Crippen LogP contribution in [0.15, 0.2) is 48.8 Å². The van der Waals surface area contributed by atoms with Gasteiger partial charge in [-0.3, -0.25) is 4.79 Å². The van der Waals surface area contributed by atoms with E-state index in [2.05, 4.69) is 25.5 Å². The maximum absolute atomic E-state index is 12.4. The number of rotatable bonds is 9. The van der Waals surface area contributed by atoms with Gasteiger partial charge in [0.25, 0.3) is 5.91 Å². The third-order valence-electron chi connectivity index (χ3n) is 5.05. The molecule has 0 bridgehead atoms. The molecule has 2 N–H and O–H groups in total. The summed E-state index contributed by atoms with van der Waals surface area (Å²) in [7, 11) is 1.72. The zero-order valence-corrected chi connectivity index (χ0v) is 16.4. The summed E-state index contributed by atoms with van der Waals surface area (Å²) in [6.45, 7) is 3.69. The largest absolute Gasteiger partial charge is 0.378 e. The zero-order valence-electron chi connectivity index (χ0n) is 16.4. The number of amides is 1. The maximum Gasteiger partial charge on any atom is 0.251 e. The van der Waals surface area contributed by atoms with E-state index in [9.17, 15) is 4.79 Å². The van der Waals surface area contributed by atoms with Crippen LogP contribution in [0.3, 0.4) is 0 Å². The van der Waals surface area contributed by atoms with Crippen LogP contribution in [-0.4, -0.2) is 66.2 Å². The van der Waals surface area contributed by atoms with Crippen LogP contribution in [0, 0.1) is 0 Å². The molecule has 7 nitrogen and oxygen atoms in total. The highest BCUT2D eigenvalue weighted by molar-refractivity contribution is 5.94. The average molecular weight is 383 g/mol. The van der Waals surface area contributed by atoms with Crippen LogP contribution in [0.2, 0.25) is 0 Å². The van der Waals surface area contributed by atoms with Gasteiger partial charge in [0, 0.05) is 44.7 Å². The molecular weight excluding hydrogens is 354 g/mol. The van der Waals surface area contributed by atoms with Crippen LogP contribution in [0.4, 0.5) is 5.95 Å². The molecule has 2 unspecified atom stereocenters. The van der Waals surface area contributed by atoms with Gasteiger partial charge < -0.3 is 20.3 Å². The smallest absolute Gasteiger partial charge is 0.251 e. The van der Waals surface area contributed by atoms with E-state index in [1.165, 1.54) is 0 Å². The highest BCUT2D eigenvalue weighted by Gasteiger charge is 2.30. The SMILES string of the molecule is COC1CN(CCCCNc2ncccn2)CCC1NC(=O)c1ccccc1. The number of methoxy groups -OCH3 is 1. The van der Waals surface area contributed by atoms with Crippen LogP contribution in [0.25, 0.3) is 0 Å². The molecule has 2 heterocycles. The second-order valence-electron chi connectivity index (χ2n) is 7.02. The Morgan fingerprint density at radius 2 is 1.96 bits per heavy atom. The lowest BCUT2D eigenvalue weighted by atomic mass is 10.0. The first kappa shape index (κ1) is 20.2. The summed E-state index contributed by atoms with van der Waals surface area (Å²) in [5.74, 6) is 0.646. The van der Waals surface area contributed by atoms with Gasteiger partial charge >= 0.3 is 0 Å². The van der Waals surface area contributed by atoms with Crippen LogP contribution < -0.4 is 10.6 Å². The average Bonchev–Trinajstić information content (AvgIpc) is 2.75. The number of aromatic nitrogens is 2. The summed E-state index contributed by atoms with van der Waals surface area (Å²) < 4.78 is 5.67. The first-order valence-electron chi connectivity index (χ1n) is 9.88. The molecule has 0 spiro atoms. The van der Waals surface area contributed by atoms with Crippen LogP contribution in [0.1, 0.15) is 29.6 Å². The summed E-state index contributed by atoms with van der Waals surface area (Å²) in [4.78, 5) is 23.1. The highest BCUT2D eigenvalue weighted by Crippen LogP contribution is 2.15. The number of likely N-dealkylation sites (tertiary alicyclic amines) is 1. The van der Waals surface area contributed by atoms with Gasteiger partial charge in [-0.1, -0.05) is 18.2 Å². The minimum atomic E-state index is -0.0321. The van der Waals surface area contributed by atoms with Crippen LogP contribution >= 0.6 is 0 Å². The number of carbonyl (C=O) groups is 1. The van der Waals surface area contributed by atoms with Crippen LogP contribution in [-0.2, 0) is 4.74 Å². The Kier molecular flexibility index (Phi) is 7.75. The number of ether oxygens (including phenoxy) is 1. The van der Waals surface area contributed by atoms with E-state index in [1.54, 1.807) is 19.5 Å². The Hall–Kier alpha value is -2.51. The molecule has 0 radical (unpaired) electrons. The zero-order chi connectivity index (χ0) is 19.6. The molecule has 28 heavy (non-hydrogen) atoms. The van der Waals surface area contributed by atoms with Gasteiger partial charge in [-0.25, -0.2) is 9.97 Å². The van der Waals surface area contributed by atoms with E-state index in [4.69, 9.17) is 4.74 Å². The normalized spacial score (nSPS) is 19.9. The van der Waals surface area contributed by atoms with Crippen molar-refractivity contribution in [3.8, 4) is 0 Å². The highest BCUT2D eigenvalue weighted by atomic mass is 16.5. The number of carbonyl (C=O) groups excluding carboxylic acids is 1. The van der Waals surface area contributed by atoms with Crippen molar-refractivity contribution in [1.82, 2.24) is 20.2 Å². The van der Waals surface area contributed by atoms with Gasteiger partial charge in [0.1, 0.15) is 0 Å². The van der Waals surface area contributed by atoms with Crippen LogP contribution in [0.5, 0.6) is 0 Å². The number of benzene rings is 1. The van der Waals surface area contributed by atoms with Crippen molar-refractivity contribution in [2.45, 2.75) is 31.4 Å². The first-order chi connectivity index (χ1) is 13.8. The third kappa shape index (κ3) is 6.00. The fraction of sp³-hybridized carbons (Fsp3) is 0.476. The molecule has 150 valence electrons.